The molecule has 1 saturated heterocycles. The third-order valence-electron chi connectivity index (χ3n) is 2.38. The van der Waals surface area contributed by atoms with Crippen molar-refractivity contribution in [3.8, 4) is 0 Å². The molecule has 0 aromatic heterocycles. The van der Waals surface area contributed by atoms with Crippen molar-refractivity contribution in [3.63, 3.8) is 0 Å². The first-order valence-electron chi connectivity index (χ1n) is 6.60. The number of benzene rings is 1. The molecule has 0 bridgehead atoms. The average Bonchev–Trinajstić information content (AvgIpc) is 2.74. The first kappa shape index (κ1) is 16.6. The van der Waals surface area contributed by atoms with Gasteiger partial charge in [0.15, 0.2) is 5.79 Å². The molecule has 1 aromatic rings. The maximum atomic E-state index is 10.8. The van der Waals surface area contributed by atoms with Crippen LogP contribution in [0.15, 0.2) is 30.3 Å². The molecule has 0 radical (unpaired) electrons. The Morgan fingerprint density at radius 3 is 2.40 bits per heavy atom. The molecular weight excluding hydrogens is 260 g/mol. The second-order valence-electron chi connectivity index (χ2n) is 5.15. The Balaban J connectivity index is 0.000000347. The molecule has 2 N–H and O–H groups in total. The first-order valence-corrected chi connectivity index (χ1v) is 6.60. The van der Waals surface area contributed by atoms with Crippen LogP contribution in [0.5, 0.6) is 0 Å². The summed E-state index contributed by atoms with van der Waals surface area (Å²) in [6, 6.07) is 9.96. The van der Waals surface area contributed by atoms with Crippen molar-refractivity contribution in [1.29, 1.82) is 0 Å². The summed E-state index contributed by atoms with van der Waals surface area (Å²) in [4.78, 5) is 10.8. The molecule has 1 aliphatic rings. The number of cyclic esters (lactones) is 1. The van der Waals surface area contributed by atoms with E-state index in [2.05, 4.69) is 0 Å². The number of hydrogen-bond acceptors (Lipinski definition) is 5. The molecule has 1 aromatic carbocycles. The van der Waals surface area contributed by atoms with Crippen LogP contribution in [0, 0.1) is 0 Å². The van der Waals surface area contributed by atoms with Crippen molar-refractivity contribution in [2.24, 2.45) is 0 Å². The fourth-order valence-corrected chi connectivity index (χ4v) is 1.58. The molecule has 0 saturated carbocycles. The number of hydrogen-bond donors (Lipinski definition) is 2. The van der Waals surface area contributed by atoms with Crippen molar-refractivity contribution in [2.75, 3.05) is 6.61 Å². The van der Waals surface area contributed by atoms with E-state index in [-0.39, 0.29) is 12.1 Å². The number of carbonyl (C=O) groups excluding carboxylic acids is 1. The second kappa shape index (κ2) is 7.99. The summed E-state index contributed by atoms with van der Waals surface area (Å²) >= 11 is 0. The van der Waals surface area contributed by atoms with Gasteiger partial charge in [0.05, 0.1) is 13.2 Å². The SMILES string of the molecule is CC(C)(O)O.O=C1CCC(COCc2ccccc2)O1. The minimum atomic E-state index is -1.50. The molecule has 2 rings (SSSR count). The molecule has 1 unspecified atom stereocenters. The zero-order chi connectivity index (χ0) is 15.0. The highest BCUT2D eigenvalue weighted by molar-refractivity contribution is 5.71. The lowest BCUT2D eigenvalue weighted by Crippen LogP contribution is -2.15. The highest BCUT2D eigenvalue weighted by Gasteiger charge is 2.22. The number of esters is 1. The van der Waals surface area contributed by atoms with E-state index in [4.69, 9.17) is 19.7 Å². The van der Waals surface area contributed by atoms with E-state index in [1.54, 1.807) is 0 Å². The van der Waals surface area contributed by atoms with Gasteiger partial charge in [-0.15, -0.1) is 0 Å². The smallest absolute Gasteiger partial charge is 0.306 e. The van der Waals surface area contributed by atoms with Gasteiger partial charge in [0, 0.05) is 6.42 Å². The Hall–Kier alpha value is -1.43. The van der Waals surface area contributed by atoms with Crippen LogP contribution in [0.25, 0.3) is 0 Å². The standard InChI is InChI=1S/C12H14O3.C3H8O2/c13-12-7-6-11(15-12)9-14-8-10-4-2-1-3-5-10;1-3(2,4)5/h1-5,11H,6-9H2;4-5H,1-2H3. The maximum absolute atomic E-state index is 10.8. The molecule has 20 heavy (non-hydrogen) atoms. The van der Waals surface area contributed by atoms with Gasteiger partial charge in [-0.3, -0.25) is 4.79 Å². The molecule has 0 spiro atoms. The van der Waals surface area contributed by atoms with E-state index in [1.165, 1.54) is 13.8 Å². The monoisotopic (exact) mass is 282 g/mol. The van der Waals surface area contributed by atoms with Crippen LogP contribution in [0.1, 0.15) is 32.3 Å². The van der Waals surface area contributed by atoms with Crippen LogP contribution in [0.4, 0.5) is 0 Å². The molecule has 1 heterocycles. The third kappa shape index (κ3) is 8.63. The Bertz CT molecular complexity index is 390. The summed E-state index contributed by atoms with van der Waals surface area (Å²) in [7, 11) is 0. The van der Waals surface area contributed by atoms with Gasteiger partial charge in [-0.1, -0.05) is 30.3 Å². The maximum Gasteiger partial charge on any atom is 0.306 e. The molecule has 5 heteroatoms. The normalized spacial score (nSPS) is 18.2. The van der Waals surface area contributed by atoms with Crippen molar-refractivity contribution >= 4 is 5.97 Å². The lowest BCUT2D eigenvalue weighted by Gasteiger charge is -2.09. The highest BCUT2D eigenvalue weighted by Crippen LogP contribution is 2.14. The van der Waals surface area contributed by atoms with E-state index in [9.17, 15) is 4.79 Å². The molecule has 1 atom stereocenters. The summed E-state index contributed by atoms with van der Waals surface area (Å²) in [5, 5.41) is 16.2. The molecule has 112 valence electrons. The number of carbonyl (C=O) groups is 1. The fourth-order valence-electron chi connectivity index (χ4n) is 1.58. The minimum absolute atomic E-state index is 0.0405. The summed E-state index contributed by atoms with van der Waals surface area (Å²) < 4.78 is 10.5. The van der Waals surface area contributed by atoms with Crippen molar-refractivity contribution < 1.29 is 24.5 Å². The highest BCUT2D eigenvalue weighted by atomic mass is 16.6. The van der Waals surface area contributed by atoms with Gasteiger partial charge in [-0.25, -0.2) is 0 Å². The molecule has 0 aliphatic carbocycles. The third-order valence-corrected chi connectivity index (χ3v) is 2.38. The van der Waals surface area contributed by atoms with Crippen LogP contribution < -0.4 is 0 Å². The quantitative estimate of drug-likeness (QED) is 0.648. The van der Waals surface area contributed by atoms with E-state index >= 15 is 0 Å². The van der Waals surface area contributed by atoms with Gasteiger partial charge in [0.25, 0.3) is 0 Å². The Kier molecular flexibility index (Phi) is 6.64. The Morgan fingerprint density at radius 2 is 1.90 bits per heavy atom. The van der Waals surface area contributed by atoms with Crippen LogP contribution in [-0.2, 0) is 20.9 Å². The van der Waals surface area contributed by atoms with Gasteiger partial charge < -0.3 is 19.7 Å². The molecule has 5 nitrogen and oxygen atoms in total. The second-order valence-corrected chi connectivity index (χ2v) is 5.15. The van der Waals surface area contributed by atoms with Crippen molar-refractivity contribution in [2.45, 2.75) is 45.2 Å². The first-order chi connectivity index (χ1) is 9.34. The van der Waals surface area contributed by atoms with Crippen LogP contribution in [0.2, 0.25) is 0 Å². The zero-order valence-electron chi connectivity index (χ0n) is 11.9. The van der Waals surface area contributed by atoms with E-state index < -0.39 is 5.79 Å². The number of rotatable bonds is 4. The van der Waals surface area contributed by atoms with Gasteiger partial charge >= 0.3 is 5.97 Å². The van der Waals surface area contributed by atoms with Crippen LogP contribution in [0.3, 0.4) is 0 Å². The Morgan fingerprint density at radius 1 is 1.30 bits per heavy atom. The van der Waals surface area contributed by atoms with Crippen LogP contribution >= 0.6 is 0 Å². The van der Waals surface area contributed by atoms with Gasteiger partial charge in [0.1, 0.15) is 6.10 Å². The lowest BCUT2D eigenvalue weighted by molar-refractivity contribution is -0.143. The fraction of sp³-hybridized carbons (Fsp3) is 0.533. The molecule has 1 aliphatic heterocycles. The summed E-state index contributed by atoms with van der Waals surface area (Å²) in [5.74, 6) is -1.61. The zero-order valence-corrected chi connectivity index (χ0v) is 11.9. The molecular formula is C15H22O5. The summed E-state index contributed by atoms with van der Waals surface area (Å²) in [6.07, 6.45) is 1.27. The number of ether oxygens (including phenoxy) is 2. The number of aliphatic hydroxyl groups is 2. The van der Waals surface area contributed by atoms with Gasteiger partial charge in [-0.05, 0) is 25.8 Å². The van der Waals surface area contributed by atoms with E-state index in [0.717, 1.165) is 12.0 Å². The van der Waals surface area contributed by atoms with Crippen molar-refractivity contribution in [3.05, 3.63) is 35.9 Å². The predicted octanol–water partition coefficient (Wildman–Crippen LogP) is 1.62. The lowest BCUT2D eigenvalue weighted by atomic mass is 10.2. The summed E-state index contributed by atoms with van der Waals surface area (Å²) in [6.45, 7) is 3.68. The Labute approximate surface area is 119 Å². The minimum Gasteiger partial charge on any atom is -0.460 e. The predicted molar refractivity (Wildman–Crippen MR) is 73.7 cm³/mol. The largest absolute Gasteiger partial charge is 0.460 e. The molecule has 1 fully saturated rings. The average molecular weight is 282 g/mol. The van der Waals surface area contributed by atoms with Gasteiger partial charge in [0.2, 0.25) is 0 Å². The van der Waals surface area contributed by atoms with Gasteiger partial charge in [-0.2, -0.15) is 0 Å². The topological polar surface area (TPSA) is 76.0 Å². The van der Waals surface area contributed by atoms with E-state index in [1.807, 2.05) is 30.3 Å². The van der Waals surface area contributed by atoms with E-state index in [0.29, 0.717) is 19.6 Å². The molecule has 0 amide bonds. The van der Waals surface area contributed by atoms with Crippen LogP contribution in [-0.4, -0.2) is 34.7 Å². The summed E-state index contributed by atoms with van der Waals surface area (Å²) in [5.41, 5.74) is 1.14. The van der Waals surface area contributed by atoms with Crippen molar-refractivity contribution in [1.82, 2.24) is 0 Å².